The zero-order chi connectivity index (χ0) is 10.4. The molecule has 0 aromatic rings. The summed E-state index contributed by atoms with van der Waals surface area (Å²) in [5.41, 5.74) is 0. The molecule has 2 fully saturated rings. The van der Waals surface area contributed by atoms with Gasteiger partial charge in [-0.3, -0.25) is 0 Å². The summed E-state index contributed by atoms with van der Waals surface area (Å²) in [6.45, 7) is 13.9. The van der Waals surface area contributed by atoms with Crippen molar-refractivity contribution in [3.8, 4) is 0 Å². The van der Waals surface area contributed by atoms with Gasteiger partial charge in [0.2, 0.25) is 0 Å². The Morgan fingerprint density at radius 3 is 1.77 bits per heavy atom. The Hall–Kier alpha value is -0.0400. The molecule has 1 heterocycles. The maximum Gasteiger partial charge on any atom is 0.0122 e. The van der Waals surface area contributed by atoms with Crippen molar-refractivity contribution in [2.24, 2.45) is 17.8 Å². The summed E-state index contributed by atoms with van der Waals surface area (Å²) >= 11 is 0. The van der Waals surface area contributed by atoms with Crippen LogP contribution in [0.25, 0.3) is 0 Å². The summed E-state index contributed by atoms with van der Waals surface area (Å²) in [7, 11) is 0. The molecular formula is C12H27N. The molecule has 0 spiro atoms. The molecular weight excluding hydrogens is 158 g/mol. The Kier molecular flexibility index (Phi) is 6.40. The Morgan fingerprint density at radius 1 is 1.08 bits per heavy atom. The SMILES string of the molecule is CC.CC.CC(C)C1NCC2CC21. The number of fused-ring (bicyclic) bond motifs is 1. The minimum Gasteiger partial charge on any atom is -0.313 e. The average molecular weight is 185 g/mol. The number of rotatable bonds is 1. The van der Waals surface area contributed by atoms with Gasteiger partial charge in [0.1, 0.15) is 0 Å². The summed E-state index contributed by atoms with van der Waals surface area (Å²) < 4.78 is 0. The van der Waals surface area contributed by atoms with Crippen LogP contribution in [0, 0.1) is 17.8 Å². The molecule has 0 radical (unpaired) electrons. The molecule has 0 amide bonds. The maximum absolute atomic E-state index is 3.56. The van der Waals surface area contributed by atoms with Crippen LogP contribution in [0.1, 0.15) is 48.0 Å². The lowest BCUT2D eigenvalue weighted by Crippen LogP contribution is -2.31. The first-order valence-corrected chi connectivity index (χ1v) is 6.02. The fourth-order valence-electron chi connectivity index (χ4n) is 2.11. The molecule has 1 aliphatic heterocycles. The van der Waals surface area contributed by atoms with E-state index in [4.69, 9.17) is 0 Å². The molecule has 2 aliphatic rings. The van der Waals surface area contributed by atoms with Crippen LogP contribution in [-0.2, 0) is 0 Å². The summed E-state index contributed by atoms with van der Waals surface area (Å²) in [6.07, 6.45) is 1.51. The van der Waals surface area contributed by atoms with Crippen molar-refractivity contribution >= 4 is 0 Å². The van der Waals surface area contributed by atoms with Crippen LogP contribution in [0.15, 0.2) is 0 Å². The zero-order valence-electron chi connectivity index (χ0n) is 10.2. The lowest BCUT2D eigenvalue weighted by Gasteiger charge is -2.16. The largest absolute Gasteiger partial charge is 0.313 e. The Bertz CT molecular complexity index is 120. The lowest BCUT2D eigenvalue weighted by atomic mass is 10.0. The van der Waals surface area contributed by atoms with Crippen LogP contribution < -0.4 is 5.32 Å². The van der Waals surface area contributed by atoms with Crippen molar-refractivity contribution in [2.45, 2.75) is 54.0 Å². The van der Waals surface area contributed by atoms with Crippen LogP contribution >= 0.6 is 0 Å². The molecule has 80 valence electrons. The highest BCUT2D eigenvalue weighted by Crippen LogP contribution is 2.46. The fourth-order valence-corrected chi connectivity index (χ4v) is 2.11. The molecule has 1 heteroatoms. The number of hydrogen-bond acceptors (Lipinski definition) is 1. The van der Waals surface area contributed by atoms with E-state index in [9.17, 15) is 0 Å². The summed E-state index contributed by atoms with van der Waals surface area (Å²) in [5, 5.41) is 3.56. The van der Waals surface area contributed by atoms with E-state index >= 15 is 0 Å². The highest BCUT2D eigenvalue weighted by atomic mass is 15.0. The predicted octanol–water partition coefficient (Wildman–Crippen LogP) is 3.30. The van der Waals surface area contributed by atoms with Crippen molar-refractivity contribution in [3.63, 3.8) is 0 Å². The summed E-state index contributed by atoms with van der Waals surface area (Å²) in [5.74, 6) is 2.98. The normalized spacial score (nSPS) is 33.9. The minimum absolute atomic E-state index is 0.850. The smallest absolute Gasteiger partial charge is 0.0122 e. The van der Waals surface area contributed by atoms with Gasteiger partial charge in [0.05, 0.1) is 0 Å². The van der Waals surface area contributed by atoms with Gasteiger partial charge in [0.25, 0.3) is 0 Å². The van der Waals surface area contributed by atoms with E-state index in [2.05, 4.69) is 19.2 Å². The summed E-state index contributed by atoms with van der Waals surface area (Å²) in [4.78, 5) is 0. The van der Waals surface area contributed by atoms with Gasteiger partial charge in [0, 0.05) is 6.04 Å². The molecule has 0 aromatic heterocycles. The number of piperidine rings is 1. The predicted molar refractivity (Wildman–Crippen MR) is 60.9 cm³/mol. The van der Waals surface area contributed by atoms with Gasteiger partial charge in [-0.25, -0.2) is 0 Å². The molecule has 3 unspecified atom stereocenters. The van der Waals surface area contributed by atoms with Crippen molar-refractivity contribution in [2.75, 3.05) is 6.54 Å². The molecule has 1 N–H and O–H groups in total. The second kappa shape index (κ2) is 6.42. The van der Waals surface area contributed by atoms with Gasteiger partial charge in [-0.15, -0.1) is 0 Å². The fraction of sp³-hybridized carbons (Fsp3) is 1.00. The molecule has 1 saturated heterocycles. The van der Waals surface area contributed by atoms with Crippen molar-refractivity contribution in [1.82, 2.24) is 5.32 Å². The first-order valence-electron chi connectivity index (χ1n) is 6.02. The van der Waals surface area contributed by atoms with Gasteiger partial charge < -0.3 is 5.32 Å². The molecule has 0 bridgehead atoms. The maximum atomic E-state index is 3.56. The van der Waals surface area contributed by atoms with Crippen LogP contribution in [0.4, 0.5) is 0 Å². The Morgan fingerprint density at radius 2 is 1.62 bits per heavy atom. The van der Waals surface area contributed by atoms with Gasteiger partial charge in [-0.1, -0.05) is 41.5 Å². The molecule has 0 aromatic carbocycles. The summed E-state index contributed by atoms with van der Waals surface area (Å²) in [6, 6.07) is 0.856. The standard InChI is InChI=1S/C8H15N.2C2H6/c1-5(2)8-7-3-6(7)4-9-8;2*1-2/h5-9H,3-4H2,1-2H3;2*1-2H3. The Labute approximate surface area is 84.3 Å². The highest BCUT2D eigenvalue weighted by Gasteiger charge is 2.48. The monoisotopic (exact) mass is 185 g/mol. The van der Waals surface area contributed by atoms with E-state index in [0.717, 1.165) is 23.8 Å². The molecule has 1 nitrogen and oxygen atoms in total. The second-order valence-electron chi connectivity index (χ2n) is 3.84. The highest BCUT2D eigenvalue weighted by molar-refractivity contribution is 5.03. The quantitative estimate of drug-likeness (QED) is 0.661. The van der Waals surface area contributed by atoms with E-state index in [1.54, 1.807) is 0 Å². The van der Waals surface area contributed by atoms with Crippen LogP contribution in [0.5, 0.6) is 0 Å². The van der Waals surface area contributed by atoms with E-state index in [0.29, 0.717) is 0 Å². The minimum atomic E-state index is 0.850. The molecule has 3 atom stereocenters. The van der Waals surface area contributed by atoms with E-state index in [1.165, 1.54) is 13.0 Å². The first kappa shape index (κ1) is 13.0. The van der Waals surface area contributed by atoms with Gasteiger partial charge in [-0.05, 0) is 30.7 Å². The topological polar surface area (TPSA) is 12.0 Å². The second-order valence-corrected chi connectivity index (χ2v) is 3.84. The van der Waals surface area contributed by atoms with Crippen molar-refractivity contribution in [1.29, 1.82) is 0 Å². The first-order chi connectivity index (χ1) is 6.29. The third-order valence-corrected chi connectivity index (χ3v) is 2.77. The van der Waals surface area contributed by atoms with Crippen LogP contribution in [-0.4, -0.2) is 12.6 Å². The zero-order valence-corrected chi connectivity index (χ0v) is 10.2. The molecule has 2 rings (SSSR count). The van der Waals surface area contributed by atoms with E-state index in [1.807, 2.05) is 27.7 Å². The van der Waals surface area contributed by atoms with Gasteiger partial charge in [0.15, 0.2) is 0 Å². The van der Waals surface area contributed by atoms with Gasteiger partial charge in [-0.2, -0.15) is 0 Å². The molecule has 13 heavy (non-hydrogen) atoms. The van der Waals surface area contributed by atoms with Crippen molar-refractivity contribution < 1.29 is 0 Å². The third kappa shape index (κ3) is 3.30. The van der Waals surface area contributed by atoms with Crippen molar-refractivity contribution in [3.05, 3.63) is 0 Å². The third-order valence-electron chi connectivity index (χ3n) is 2.77. The lowest BCUT2D eigenvalue weighted by molar-refractivity contribution is 0.408. The van der Waals surface area contributed by atoms with Gasteiger partial charge >= 0.3 is 0 Å². The number of hydrogen-bond donors (Lipinski definition) is 1. The average Bonchev–Trinajstić information content (AvgIpc) is 2.83. The van der Waals surface area contributed by atoms with Crippen LogP contribution in [0.3, 0.4) is 0 Å². The van der Waals surface area contributed by atoms with Crippen LogP contribution in [0.2, 0.25) is 0 Å². The molecule has 1 aliphatic carbocycles. The van der Waals surface area contributed by atoms with E-state index < -0.39 is 0 Å². The Balaban J connectivity index is 0.000000322. The van der Waals surface area contributed by atoms with E-state index in [-0.39, 0.29) is 0 Å². The molecule has 1 saturated carbocycles. The number of nitrogens with one attached hydrogen (secondary N) is 1.